The van der Waals surface area contributed by atoms with Crippen molar-refractivity contribution in [2.45, 2.75) is 18.4 Å². The molecular formula is C19H14FNO. The zero-order chi connectivity index (χ0) is 14.9. The van der Waals surface area contributed by atoms with Gasteiger partial charge in [-0.15, -0.1) is 0 Å². The Balaban J connectivity index is 1.40. The second-order valence-corrected chi connectivity index (χ2v) is 6.45. The van der Waals surface area contributed by atoms with Gasteiger partial charge in [-0.25, -0.2) is 4.39 Å². The van der Waals surface area contributed by atoms with E-state index in [1.165, 1.54) is 23.3 Å². The Labute approximate surface area is 127 Å². The van der Waals surface area contributed by atoms with Gasteiger partial charge >= 0.3 is 0 Å². The van der Waals surface area contributed by atoms with Crippen LogP contribution in [0.3, 0.4) is 0 Å². The van der Waals surface area contributed by atoms with Crippen LogP contribution in [0, 0.1) is 11.7 Å². The van der Waals surface area contributed by atoms with Crippen molar-refractivity contribution < 1.29 is 9.18 Å². The van der Waals surface area contributed by atoms with E-state index in [1.54, 1.807) is 6.07 Å². The number of hydrogen-bond acceptors (Lipinski definition) is 1. The lowest BCUT2D eigenvalue weighted by Crippen LogP contribution is -2.36. The fourth-order valence-electron chi connectivity index (χ4n) is 3.54. The van der Waals surface area contributed by atoms with Crippen LogP contribution in [0.1, 0.15) is 18.4 Å². The molecule has 1 aromatic rings. The van der Waals surface area contributed by atoms with E-state index in [-0.39, 0.29) is 17.3 Å². The summed E-state index contributed by atoms with van der Waals surface area (Å²) >= 11 is 0. The molecule has 0 aromatic heterocycles. The largest absolute Gasteiger partial charge is 0.343 e. The van der Waals surface area contributed by atoms with E-state index in [4.69, 9.17) is 0 Å². The second-order valence-electron chi connectivity index (χ2n) is 6.45. The van der Waals surface area contributed by atoms with Gasteiger partial charge in [-0.2, -0.15) is 0 Å². The highest BCUT2D eigenvalue weighted by Gasteiger charge is 2.47. The van der Waals surface area contributed by atoms with Crippen molar-refractivity contribution in [1.82, 2.24) is 5.32 Å². The van der Waals surface area contributed by atoms with Crippen molar-refractivity contribution in [3.8, 4) is 0 Å². The van der Waals surface area contributed by atoms with Crippen LogP contribution in [0.2, 0.25) is 0 Å². The Morgan fingerprint density at radius 3 is 2.91 bits per heavy atom. The predicted octanol–water partition coefficient (Wildman–Crippen LogP) is 3.29. The average Bonchev–Trinajstić information content (AvgIpc) is 3.37. The van der Waals surface area contributed by atoms with Gasteiger partial charge in [0.2, 0.25) is 0 Å². The molecule has 1 saturated carbocycles. The minimum Gasteiger partial charge on any atom is -0.343 e. The predicted molar refractivity (Wildman–Crippen MR) is 81.3 cm³/mol. The molecule has 108 valence electrons. The summed E-state index contributed by atoms with van der Waals surface area (Å²) in [6.45, 7) is 0. The van der Waals surface area contributed by atoms with Crippen molar-refractivity contribution in [2.24, 2.45) is 5.92 Å². The van der Waals surface area contributed by atoms with Gasteiger partial charge in [0, 0.05) is 11.5 Å². The summed E-state index contributed by atoms with van der Waals surface area (Å²) < 4.78 is 13.4. The molecule has 0 bridgehead atoms. The highest BCUT2D eigenvalue weighted by atomic mass is 19.1. The van der Waals surface area contributed by atoms with E-state index >= 15 is 0 Å². The van der Waals surface area contributed by atoms with Crippen LogP contribution >= 0.6 is 0 Å². The number of rotatable bonds is 3. The van der Waals surface area contributed by atoms with Crippen LogP contribution < -0.4 is 5.32 Å². The van der Waals surface area contributed by atoms with Gasteiger partial charge in [0.1, 0.15) is 5.82 Å². The Kier molecular flexibility index (Phi) is 2.13. The smallest absolute Gasteiger partial charge is 0.252 e. The minimum absolute atomic E-state index is 0.0545. The summed E-state index contributed by atoms with van der Waals surface area (Å²) in [4.78, 5) is 12.7. The van der Waals surface area contributed by atoms with E-state index in [0.29, 0.717) is 5.92 Å². The summed E-state index contributed by atoms with van der Waals surface area (Å²) in [6, 6.07) is 6.54. The van der Waals surface area contributed by atoms with Gasteiger partial charge in [-0.1, -0.05) is 24.3 Å². The van der Waals surface area contributed by atoms with Gasteiger partial charge in [-0.3, -0.25) is 4.79 Å². The molecule has 1 aromatic carbocycles. The standard InChI is InChI=1S/C19H14FNO/c20-13-3-1-2-12(10-13)19(6-7-19)21-18(22)15-5-4-14-16-8-11(16)9-17(14)15/h1-5,8-10,16H,6-7H2,(H,21,22). The SMILES string of the molecule is O=C(NC1(c2cccc(F)c2)CC1)C1=CC=C2C1=CC1=CC12. The third kappa shape index (κ3) is 1.62. The molecule has 22 heavy (non-hydrogen) atoms. The molecular weight excluding hydrogens is 277 g/mol. The first kappa shape index (κ1) is 12.2. The maximum absolute atomic E-state index is 13.4. The Bertz CT molecular complexity index is 852. The maximum Gasteiger partial charge on any atom is 0.252 e. The molecule has 1 fully saturated rings. The number of benzene rings is 1. The fraction of sp³-hybridized carbons (Fsp3) is 0.211. The number of fused-ring (bicyclic) bond motifs is 3. The third-order valence-corrected chi connectivity index (χ3v) is 5.01. The summed E-state index contributed by atoms with van der Waals surface area (Å²) in [5, 5.41) is 3.13. The van der Waals surface area contributed by atoms with E-state index in [2.05, 4.69) is 17.5 Å². The van der Waals surface area contributed by atoms with Crippen LogP contribution in [-0.2, 0) is 10.3 Å². The number of hydrogen-bond donors (Lipinski definition) is 1. The minimum atomic E-state index is -0.385. The zero-order valence-electron chi connectivity index (χ0n) is 11.9. The van der Waals surface area contributed by atoms with Crippen LogP contribution in [0.15, 0.2) is 70.9 Å². The number of carbonyl (C=O) groups is 1. The second kappa shape index (κ2) is 3.86. The highest BCUT2D eigenvalue weighted by molar-refractivity contribution is 6.03. The number of nitrogens with one attached hydrogen (secondary N) is 1. The molecule has 4 aliphatic carbocycles. The number of allylic oxidation sites excluding steroid dienone is 6. The van der Waals surface area contributed by atoms with Crippen LogP contribution in [0.25, 0.3) is 0 Å². The summed E-state index contributed by atoms with van der Waals surface area (Å²) in [5.74, 6) is 0.142. The Morgan fingerprint density at radius 1 is 1.27 bits per heavy atom. The molecule has 4 aliphatic rings. The van der Waals surface area contributed by atoms with Crippen molar-refractivity contribution in [3.63, 3.8) is 0 Å². The number of amides is 1. The fourth-order valence-corrected chi connectivity index (χ4v) is 3.54. The van der Waals surface area contributed by atoms with Crippen LogP contribution in [-0.4, -0.2) is 5.91 Å². The lowest BCUT2D eigenvalue weighted by molar-refractivity contribution is -0.118. The van der Waals surface area contributed by atoms with E-state index in [1.807, 2.05) is 18.2 Å². The summed E-state index contributed by atoms with van der Waals surface area (Å²) in [6.07, 6.45) is 9.99. The van der Waals surface area contributed by atoms with E-state index in [0.717, 1.165) is 29.6 Å². The van der Waals surface area contributed by atoms with Gasteiger partial charge < -0.3 is 5.32 Å². The molecule has 1 unspecified atom stereocenters. The molecule has 1 N–H and O–H groups in total. The monoisotopic (exact) mass is 291 g/mol. The van der Waals surface area contributed by atoms with Gasteiger partial charge in [-0.05, 0) is 59.4 Å². The van der Waals surface area contributed by atoms with Crippen molar-refractivity contribution in [2.75, 3.05) is 0 Å². The molecule has 0 spiro atoms. The normalized spacial score (nSPS) is 25.4. The molecule has 0 saturated heterocycles. The lowest BCUT2D eigenvalue weighted by Gasteiger charge is -2.19. The maximum atomic E-state index is 13.4. The van der Waals surface area contributed by atoms with E-state index < -0.39 is 0 Å². The summed E-state index contributed by atoms with van der Waals surface area (Å²) in [5.41, 5.74) is 4.85. The number of halogens is 1. The van der Waals surface area contributed by atoms with Crippen LogP contribution in [0.5, 0.6) is 0 Å². The molecule has 3 heteroatoms. The molecule has 0 heterocycles. The molecule has 2 nitrogen and oxygen atoms in total. The number of carbonyl (C=O) groups excluding carboxylic acids is 1. The zero-order valence-corrected chi connectivity index (χ0v) is 11.9. The molecule has 5 rings (SSSR count). The first-order valence-electron chi connectivity index (χ1n) is 7.61. The summed E-state index contributed by atoms with van der Waals surface area (Å²) in [7, 11) is 0. The van der Waals surface area contributed by atoms with Crippen molar-refractivity contribution in [3.05, 3.63) is 82.2 Å². The molecule has 1 atom stereocenters. The molecule has 1 amide bonds. The topological polar surface area (TPSA) is 29.1 Å². The van der Waals surface area contributed by atoms with Crippen molar-refractivity contribution >= 4 is 5.91 Å². The Hall–Kier alpha value is -2.42. The Morgan fingerprint density at radius 2 is 2.14 bits per heavy atom. The lowest BCUT2D eigenvalue weighted by atomic mass is 10.0. The van der Waals surface area contributed by atoms with Gasteiger partial charge in [0.25, 0.3) is 5.91 Å². The highest BCUT2D eigenvalue weighted by Crippen LogP contribution is 2.52. The van der Waals surface area contributed by atoms with Gasteiger partial charge in [0.15, 0.2) is 0 Å². The first-order valence-corrected chi connectivity index (χ1v) is 7.61. The molecule has 0 aliphatic heterocycles. The average molecular weight is 291 g/mol. The third-order valence-electron chi connectivity index (χ3n) is 5.01. The quantitative estimate of drug-likeness (QED) is 0.909. The van der Waals surface area contributed by atoms with Gasteiger partial charge in [0.05, 0.1) is 5.54 Å². The van der Waals surface area contributed by atoms with E-state index in [9.17, 15) is 9.18 Å². The molecule has 0 radical (unpaired) electrons. The van der Waals surface area contributed by atoms with Crippen molar-refractivity contribution in [1.29, 1.82) is 0 Å². The first-order chi connectivity index (χ1) is 10.7. The van der Waals surface area contributed by atoms with Crippen LogP contribution in [0.4, 0.5) is 4.39 Å².